The Balaban J connectivity index is 2.35. The summed E-state index contributed by atoms with van der Waals surface area (Å²) in [6, 6.07) is 0. The molecule has 0 heterocycles. The minimum atomic E-state index is -0.523. The highest BCUT2D eigenvalue weighted by molar-refractivity contribution is 6.48. The molecule has 2 heteroatoms. The van der Waals surface area contributed by atoms with E-state index in [0.29, 0.717) is 5.92 Å². The standard InChI is InChI=1S/C14H25OSi/c1-4-8-13(11-12-15-16(2)3)14-9-6-5-7-10-14/h13-14H,5-7,9-12H2,1-3H3. The highest BCUT2D eigenvalue weighted by Crippen LogP contribution is 2.31. The summed E-state index contributed by atoms with van der Waals surface area (Å²) >= 11 is 0. The van der Waals surface area contributed by atoms with Crippen molar-refractivity contribution in [2.75, 3.05) is 6.61 Å². The van der Waals surface area contributed by atoms with E-state index in [0.717, 1.165) is 18.9 Å². The molecular formula is C14H25OSi. The highest BCUT2D eigenvalue weighted by Gasteiger charge is 2.21. The van der Waals surface area contributed by atoms with E-state index in [2.05, 4.69) is 24.9 Å². The molecule has 0 bridgehead atoms. The first-order valence-corrected chi connectivity index (χ1v) is 9.00. The van der Waals surface area contributed by atoms with Crippen molar-refractivity contribution in [2.45, 2.75) is 58.5 Å². The topological polar surface area (TPSA) is 9.23 Å². The lowest BCUT2D eigenvalue weighted by atomic mass is 9.79. The summed E-state index contributed by atoms with van der Waals surface area (Å²) in [5.74, 6) is 7.94. The van der Waals surface area contributed by atoms with Gasteiger partial charge < -0.3 is 4.43 Å². The normalized spacial score (nSPS) is 19.2. The van der Waals surface area contributed by atoms with Crippen LogP contribution in [0.1, 0.15) is 45.4 Å². The van der Waals surface area contributed by atoms with Crippen LogP contribution >= 0.6 is 0 Å². The van der Waals surface area contributed by atoms with Gasteiger partial charge in [0.1, 0.15) is 0 Å². The summed E-state index contributed by atoms with van der Waals surface area (Å²) in [6.07, 6.45) is 8.15. The fourth-order valence-corrected chi connectivity index (χ4v) is 3.06. The zero-order valence-electron chi connectivity index (χ0n) is 11.0. The second-order valence-electron chi connectivity index (χ2n) is 4.94. The smallest absolute Gasteiger partial charge is 0.204 e. The fourth-order valence-electron chi connectivity index (χ4n) is 2.54. The molecule has 91 valence electrons. The average molecular weight is 237 g/mol. The maximum Gasteiger partial charge on any atom is 0.204 e. The number of rotatable bonds is 5. The molecule has 0 aliphatic heterocycles. The molecule has 1 aliphatic carbocycles. The highest BCUT2D eigenvalue weighted by atomic mass is 28.3. The van der Waals surface area contributed by atoms with Gasteiger partial charge in [-0.2, -0.15) is 0 Å². The van der Waals surface area contributed by atoms with E-state index in [1.165, 1.54) is 32.1 Å². The molecule has 0 spiro atoms. The second kappa shape index (κ2) is 7.92. The molecule has 0 amide bonds. The third kappa shape index (κ3) is 5.18. The first-order chi connectivity index (χ1) is 7.74. The molecule has 1 rings (SSSR count). The summed E-state index contributed by atoms with van der Waals surface area (Å²) in [6.45, 7) is 7.28. The molecule has 1 fully saturated rings. The first kappa shape index (κ1) is 13.8. The van der Waals surface area contributed by atoms with Gasteiger partial charge in [-0.1, -0.05) is 25.2 Å². The molecule has 0 aromatic rings. The molecule has 1 saturated carbocycles. The third-order valence-corrected chi connectivity index (χ3v) is 4.15. The molecule has 1 radical (unpaired) electrons. The van der Waals surface area contributed by atoms with E-state index in [1.807, 2.05) is 6.92 Å². The zero-order chi connectivity index (χ0) is 11.8. The Kier molecular flexibility index (Phi) is 6.83. The Bertz CT molecular complexity index is 233. The van der Waals surface area contributed by atoms with Crippen LogP contribution in [-0.4, -0.2) is 15.6 Å². The van der Waals surface area contributed by atoms with E-state index in [4.69, 9.17) is 4.43 Å². The summed E-state index contributed by atoms with van der Waals surface area (Å²) in [7, 11) is -0.523. The van der Waals surface area contributed by atoms with Crippen molar-refractivity contribution in [3.63, 3.8) is 0 Å². The van der Waals surface area contributed by atoms with Gasteiger partial charge in [-0.3, -0.25) is 0 Å². The molecule has 1 atom stereocenters. The van der Waals surface area contributed by atoms with Gasteiger partial charge in [0, 0.05) is 12.5 Å². The Labute approximate surface area is 103 Å². The Morgan fingerprint density at radius 1 is 1.25 bits per heavy atom. The molecule has 0 N–H and O–H groups in total. The van der Waals surface area contributed by atoms with Crippen LogP contribution in [0.5, 0.6) is 0 Å². The number of hydrogen-bond acceptors (Lipinski definition) is 1. The van der Waals surface area contributed by atoms with Gasteiger partial charge in [-0.25, -0.2) is 0 Å². The zero-order valence-corrected chi connectivity index (χ0v) is 12.0. The second-order valence-corrected chi connectivity index (χ2v) is 7.05. The van der Waals surface area contributed by atoms with E-state index in [9.17, 15) is 0 Å². The van der Waals surface area contributed by atoms with Gasteiger partial charge in [0.05, 0.1) is 0 Å². The van der Waals surface area contributed by atoms with Gasteiger partial charge >= 0.3 is 0 Å². The molecular weight excluding hydrogens is 212 g/mol. The molecule has 16 heavy (non-hydrogen) atoms. The van der Waals surface area contributed by atoms with Crippen LogP contribution in [0.4, 0.5) is 0 Å². The molecule has 0 aromatic carbocycles. The van der Waals surface area contributed by atoms with Crippen molar-refractivity contribution < 1.29 is 4.43 Å². The Morgan fingerprint density at radius 2 is 1.94 bits per heavy atom. The van der Waals surface area contributed by atoms with Crippen molar-refractivity contribution in [2.24, 2.45) is 11.8 Å². The van der Waals surface area contributed by atoms with E-state index in [-0.39, 0.29) is 0 Å². The molecule has 1 nitrogen and oxygen atoms in total. The van der Waals surface area contributed by atoms with Crippen molar-refractivity contribution in [3.8, 4) is 11.8 Å². The molecule has 1 aliphatic rings. The minimum absolute atomic E-state index is 0.523. The SMILES string of the molecule is CC#CC(CCO[Si](C)C)C1CCCCC1. The molecule has 1 unspecified atom stereocenters. The molecule has 0 saturated heterocycles. The van der Waals surface area contributed by atoms with E-state index in [1.54, 1.807) is 0 Å². The van der Waals surface area contributed by atoms with Crippen LogP contribution in [0.2, 0.25) is 13.1 Å². The monoisotopic (exact) mass is 237 g/mol. The van der Waals surface area contributed by atoms with Gasteiger partial charge in [-0.05, 0) is 45.2 Å². The lowest BCUT2D eigenvalue weighted by Gasteiger charge is -2.27. The largest absolute Gasteiger partial charge is 0.417 e. The van der Waals surface area contributed by atoms with Crippen LogP contribution in [0.3, 0.4) is 0 Å². The first-order valence-electron chi connectivity index (χ1n) is 6.59. The predicted molar refractivity (Wildman–Crippen MR) is 71.6 cm³/mol. The summed E-state index contributed by atoms with van der Waals surface area (Å²) in [4.78, 5) is 0. The van der Waals surface area contributed by atoms with Crippen molar-refractivity contribution in [1.29, 1.82) is 0 Å². The maximum atomic E-state index is 5.74. The maximum absolute atomic E-state index is 5.74. The van der Waals surface area contributed by atoms with Gasteiger partial charge in [0.2, 0.25) is 9.04 Å². The van der Waals surface area contributed by atoms with Crippen LogP contribution < -0.4 is 0 Å². The lowest BCUT2D eigenvalue weighted by Crippen LogP contribution is -2.20. The molecule has 0 aromatic heterocycles. The quantitative estimate of drug-likeness (QED) is 0.521. The third-order valence-electron chi connectivity index (χ3n) is 3.37. The Morgan fingerprint density at radius 3 is 2.50 bits per heavy atom. The van der Waals surface area contributed by atoms with E-state index < -0.39 is 9.04 Å². The minimum Gasteiger partial charge on any atom is -0.417 e. The van der Waals surface area contributed by atoms with Crippen LogP contribution in [-0.2, 0) is 4.43 Å². The number of hydrogen-bond donors (Lipinski definition) is 0. The van der Waals surface area contributed by atoms with Crippen LogP contribution in [0.25, 0.3) is 0 Å². The van der Waals surface area contributed by atoms with Crippen molar-refractivity contribution in [1.82, 2.24) is 0 Å². The van der Waals surface area contributed by atoms with Crippen LogP contribution in [0, 0.1) is 23.7 Å². The predicted octanol–water partition coefficient (Wildman–Crippen LogP) is 3.86. The van der Waals surface area contributed by atoms with Gasteiger partial charge in [0.15, 0.2) is 0 Å². The summed E-state index contributed by atoms with van der Waals surface area (Å²) in [5, 5.41) is 0. The Hall–Kier alpha value is -0.263. The average Bonchev–Trinajstić information content (AvgIpc) is 2.29. The fraction of sp³-hybridized carbons (Fsp3) is 0.857. The van der Waals surface area contributed by atoms with Gasteiger partial charge in [-0.15, -0.1) is 5.92 Å². The van der Waals surface area contributed by atoms with Crippen molar-refractivity contribution in [3.05, 3.63) is 0 Å². The summed E-state index contributed by atoms with van der Waals surface area (Å²) in [5.41, 5.74) is 0. The van der Waals surface area contributed by atoms with Crippen LogP contribution in [0.15, 0.2) is 0 Å². The van der Waals surface area contributed by atoms with Gasteiger partial charge in [0.25, 0.3) is 0 Å². The summed E-state index contributed by atoms with van der Waals surface area (Å²) < 4.78 is 5.74. The lowest BCUT2D eigenvalue weighted by molar-refractivity contribution is 0.234. The van der Waals surface area contributed by atoms with Crippen molar-refractivity contribution >= 4 is 9.04 Å². The van der Waals surface area contributed by atoms with E-state index >= 15 is 0 Å².